The molecule has 4 heteroatoms. The van der Waals surface area contributed by atoms with Crippen LogP contribution in [0.4, 0.5) is 4.39 Å². The fourth-order valence-electron chi connectivity index (χ4n) is 1.77. The molecule has 0 amide bonds. The standard InChI is InChI=1S/C16H23FO3/c1-10(2)14(20-15(18)16(3,4)5)12-8-7-11(17)9-13(12)19-6/h7-10,14H,1-6H3/t14-/m0/s1. The van der Waals surface area contributed by atoms with Crippen molar-refractivity contribution in [1.82, 2.24) is 0 Å². The summed E-state index contributed by atoms with van der Waals surface area (Å²) in [6.07, 6.45) is -0.461. The van der Waals surface area contributed by atoms with Crippen molar-refractivity contribution in [3.05, 3.63) is 29.6 Å². The number of carbonyl (C=O) groups excluding carboxylic acids is 1. The maximum atomic E-state index is 13.3. The van der Waals surface area contributed by atoms with Crippen LogP contribution >= 0.6 is 0 Å². The van der Waals surface area contributed by atoms with Crippen LogP contribution in [0.15, 0.2) is 18.2 Å². The predicted molar refractivity (Wildman–Crippen MR) is 76.1 cm³/mol. The highest BCUT2D eigenvalue weighted by atomic mass is 19.1. The van der Waals surface area contributed by atoms with Gasteiger partial charge in [0.2, 0.25) is 0 Å². The Bertz CT molecular complexity index is 475. The summed E-state index contributed by atoms with van der Waals surface area (Å²) in [6, 6.07) is 4.25. The summed E-state index contributed by atoms with van der Waals surface area (Å²) in [7, 11) is 1.47. The maximum absolute atomic E-state index is 13.3. The maximum Gasteiger partial charge on any atom is 0.311 e. The molecule has 3 nitrogen and oxygen atoms in total. The third kappa shape index (κ3) is 3.95. The molecule has 0 saturated carbocycles. The monoisotopic (exact) mass is 282 g/mol. The van der Waals surface area contributed by atoms with Gasteiger partial charge in [-0.2, -0.15) is 0 Å². The van der Waals surface area contributed by atoms with E-state index in [0.717, 1.165) is 0 Å². The lowest BCUT2D eigenvalue weighted by Gasteiger charge is -2.27. The minimum absolute atomic E-state index is 0.0562. The minimum Gasteiger partial charge on any atom is -0.496 e. The Morgan fingerprint density at radius 3 is 2.30 bits per heavy atom. The highest BCUT2D eigenvalue weighted by Crippen LogP contribution is 2.35. The second-order valence-electron chi connectivity index (χ2n) is 6.21. The largest absolute Gasteiger partial charge is 0.496 e. The van der Waals surface area contributed by atoms with E-state index in [1.807, 2.05) is 13.8 Å². The van der Waals surface area contributed by atoms with E-state index in [1.54, 1.807) is 26.8 Å². The zero-order chi connectivity index (χ0) is 15.5. The van der Waals surface area contributed by atoms with Gasteiger partial charge in [-0.1, -0.05) is 13.8 Å². The first-order valence-corrected chi connectivity index (χ1v) is 6.71. The molecule has 0 N–H and O–H groups in total. The number of hydrogen-bond acceptors (Lipinski definition) is 3. The molecule has 0 unspecified atom stereocenters. The van der Waals surface area contributed by atoms with Crippen molar-refractivity contribution in [3.63, 3.8) is 0 Å². The van der Waals surface area contributed by atoms with E-state index in [9.17, 15) is 9.18 Å². The second kappa shape index (κ2) is 6.25. The Kier molecular flexibility index (Phi) is 5.15. The van der Waals surface area contributed by atoms with Gasteiger partial charge >= 0.3 is 5.97 Å². The van der Waals surface area contributed by atoms with Crippen LogP contribution in [0.25, 0.3) is 0 Å². The lowest BCUT2D eigenvalue weighted by Crippen LogP contribution is -2.27. The summed E-state index contributed by atoms with van der Waals surface area (Å²) in [4.78, 5) is 12.1. The van der Waals surface area contributed by atoms with Crippen molar-refractivity contribution < 1.29 is 18.7 Å². The number of esters is 1. The van der Waals surface area contributed by atoms with Crippen LogP contribution in [0, 0.1) is 17.2 Å². The minimum atomic E-state index is -0.583. The van der Waals surface area contributed by atoms with Gasteiger partial charge in [0.15, 0.2) is 0 Å². The molecular formula is C16H23FO3. The first-order valence-electron chi connectivity index (χ1n) is 6.71. The molecule has 0 bridgehead atoms. The number of benzene rings is 1. The SMILES string of the molecule is COc1cc(F)ccc1[C@@H](OC(=O)C(C)(C)C)C(C)C. The van der Waals surface area contributed by atoms with E-state index in [0.29, 0.717) is 11.3 Å². The average Bonchev–Trinajstić information content (AvgIpc) is 2.34. The molecular weight excluding hydrogens is 259 g/mol. The van der Waals surface area contributed by atoms with E-state index in [4.69, 9.17) is 9.47 Å². The molecule has 1 atom stereocenters. The Labute approximate surface area is 120 Å². The molecule has 112 valence electrons. The second-order valence-corrected chi connectivity index (χ2v) is 6.21. The van der Waals surface area contributed by atoms with Crippen LogP contribution in [-0.2, 0) is 9.53 Å². The first kappa shape index (κ1) is 16.5. The van der Waals surface area contributed by atoms with E-state index in [1.165, 1.54) is 19.2 Å². The molecule has 1 aromatic rings. The molecule has 0 heterocycles. The molecule has 1 rings (SSSR count). The van der Waals surface area contributed by atoms with Gasteiger partial charge in [-0.25, -0.2) is 4.39 Å². The Morgan fingerprint density at radius 2 is 1.85 bits per heavy atom. The van der Waals surface area contributed by atoms with Gasteiger partial charge in [0.1, 0.15) is 17.7 Å². The summed E-state index contributed by atoms with van der Waals surface area (Å²) in [5, 5.41) is 0. The number of methoxy groups -OCH3 is 1. The van der Waals surface area contributed by atoms with Crippen LogP contribution in [0.5, 0.6) is 5.75 Å². The smallest absolute Gasteiger partial charge is 0.311 e. The van der Waals surface area contributed by atoms with E-state index in [2.05, 4.69) is 0 Å². The number of halogens is 1. The number of hydrogen-bond donors (Lipinski definition) is 0. The molecule has 0 aliphatic rings. The fraction of sp³-hybridized carbons (Fsp3) is 0.562. The lowest BCUT2D eigenvalue weighted by atomic mass is 9.95. The zero-order valence-corrected chi connectivity index (χ0v) is 13.0. The summed E-state index contributed by atoms with van der Waals surface area (Å²) in [5.74, 6) is -0.219. The molecule has 0 aromatic heterocycles. The van der Waals surface area contributed by atoms with Gasteiger partial charge in [-0.05, 0) is 38.8 Å². The summed E-state index contributed by atoms with van der Waals surface area (Å²) in [6.45, 7) is 9.30. The van der Waals surface area contributed by atoms with Crippen LogP contribution in [0.2, 0.25) is 0 Å². The van der Waals surface area contributed by atoms with Crippen molar-refractivity contribution in [2.75, 3.05) is 7.11 Å². The van der Waals surface area contributed by atoms with Gasteiger partial charge < -0.3 is 9.47 Å². The van der Waals surface area contributed by atoms with Crippen molar-refractivity contribution in [1.29, 1.82) is 0 Å². The molecule has 1 aromatic carbocycles. The number of rotatable bonds is 4. The van der Waals surface area contributed by atoms with Crippen LogP contribution in [-0.4, -0.2) is 13.1 Å². The third-order valence-corrected chi connectivity index (χ3v) is 2.95. The number of ether oxygens (including phenoxy) is 2. The van der Waals surface area contributed by atoms with Gasteiger partial charge in [0.25, 0.3) is 0 Å². The molecule has 0 fully saturated rings. The van der Waals surface area contributed by atoms with Crippen molar-refractivity contribution in [2.45, 2.75) is 40.7 Å². The Morgan fingerprint density at radius 1 is 1.25 bits per heavy atom. The molecule has 0 radical (unpaired) electrons. The van der Waals surface area contributed by atoms with Crippen LogP contribution in [0.3, 0.4) is 0 Å². The van der Waals surface area contributed by atoms with Gasteiger partial charge in [-0.15, -0.1) is 0 Å². The highest BCUT2D eigenvalue weighted by Gasteiger charge is 2.30. The van der Waals surface area contributed by atoms with Crippen molar-refractivity contribution >= 4 is 5.97 Å². The Balaban J connectivity index is 3.12. The topological polar surface area (TPSA) is 35.5 Å². The zero-order valence-electron chi connectivity index (χ0n) is 13.0. The fourth-order valence-corrected chi connectivity index (χ4v) is 1.77. The van der Waals surface area contributed by atoms with Crippen molar-refractivity contribution in [3.8, 4) is 5.75 Å². The van der Waals surface area contributed by atoms with Gasteiger partial charge in [-0.3, -0.25) is 4.79 Å². The van der Waals surface area contributed by atoms with Crippen LogP contribution < -0.4 is 4.74 Å². The molecule has 0 aliphatic heterocycles. The van der Waals surface area contributed by atoms with Crippen LogP contribution in [0.1, 0.15) is 46.3 Å². The molecule has 0 aliphatic carbocycles. The van der Waals surface area contributed by atoms with Gasteiger partial charge in [0.05, 0.1) is 12.5 Å². The van der Waals surface area contributed by atoms with Gasteiger partial charge in [0, 0.05) is 11.6 Å². The van der Waals surface area contributed by atoms with E-state index < -0.39 is 11.5 Å². The normalized spacial score (nSPS) is 13.2. The number of carbonyl (C=O) groups is 1. The lowest BCUT2D eigenvalue weighted by molar-refractivity contribution is -0.161. The first-order chi connectivity index (χ1) is 9.16. The molecule has 20 heavy (non-hydrogen) atoms. The molecule has 0 spiro atoms. The Hall–Kier alpha value is -1.58. The van der Waals surface area contributed by atoms with E-state index >= 15 is 0 Å². The quantitative estimate of drug-likeness (QED) is 0.779. The van der Waals surface area contributed by atoms with Crippen molar-refractivity contribution in [2.24, 2.45) is 11.3 Å². The third-order valence-electron chi connectivity index (χ3n) is 2.95. The summed E-state index contributed by atoms with van der Waals surface area (Å²) in [5.41, 5.74) is 0.0990. The van der Waals surface area contributed by atoms with E-state index in [-0.39, 0.29) is 17.7 Å². The summed E-state index contributed by atoms with van der Waals surface area (Å²) < 4.78 is 24.1. The average molecular weight is 282 g/mol. The highest BCUT2D eigenvalue weighted by molar-refractivity contribution is 5.75. The summed E-state index contributed by atoms with van der Waals surface area (Å²) >= 11 is 0. The molecule has 0 saturated heterocycles. The predicted octanol–water partition coefficient (Wildman–Crippen LogP) is 4.12.